The molecule has 1 aliphatic carbocycles. The van der Waals surface area contributed by atoms with Crippen molar-refractivity contribution in [2.45, 2.75) is 37.5 Å². The molecule has 6 heteroatoms. The van der Waals surface area contributed by atoms with Crippen LogP contribution in [0.1, 0.15) is 26.7 Å². The van der Waals surface area contributed by atoms with Gasteiger partial charge in [-0.25, -0.2) is 8.42 Å². The number of hydrogen-bond acceptors (Lipinski definition) is 4. The van der Waals surface area contributed by atoms with Crippen molar-refractivity contribution in [1.29, 1.82) is 0 Å². The van der Waals surface area contributed by atoms with E-state index in [2.05, 4.69) is 0 Å². The maximum Gasteiger partial charge on any atom is 0.243 e. The first kappa shape index (κ1) is 13.4. The maximum absolute atomic E-state index is 12.1. The van der Waals surface area contributed by atoms with Gasteiger partial charge in [0.05, 0.1) is 6.61 Å². The predicted octanol–water partition coefficient (Wildman–Crippen LogP) is -0.207. The molecule has 5 nitrogen and oxygen atoms in total. The molecule has 94 valence electrons. The molecule has 1 N–H and O–H groups in total. The summed E-state index contributed by atoms with van der Waals surface area (Å²) in [5.74, 6) is -0.411. The average Bonchev–Trinajstić information content (AvgIpc) is 2.94. The van der Waals surface area contributed by atoms with E-state index in [4.69, 9.17) is 5.11 Å². The van der Waals surface area contributed by atoms with Gasteiger partial charge in [-0.3, -0.25) is 4.79 Å². The third kappa shape index (κ3) is 2.55. The van der Waals surface area contributed by atoms with Gasteiger partial charge in [0.2, 0.25) is 5.91 Å². The first-order chi connectivity index (χ1) is 7.21. The van der Waals surface area contributed by atoms with E-state index in [1.807, 2.05) is 0 Å². The number of carbonyl (C=O) groups is 1. The van der Waals surface area contributed by atoms with Gasteiger partial charge in [0, 0.05) is 18.8 Å². The van der Waals surface area contributed by atoms with Crippen LogP contribution in [0.4, 0.5) is 0 Å². The van der Waals surface area contributed by atoms with Gasteiger partial charge in [-0.2, -0.15) is 0 Å². The number of aliphatic hydroxyl groups excluding tert-OH is 1. The highest BCUT2D eigenvalue weighted by Crippen LogP contribution is 2.30. The third-order valence-corrected chi connectivity index (χ3v) is 5.06. The van der Waals surface area contributed by atoms with Crippen LogP contribution in [0.3, 0.4) is 0 Å². The van der Waals surface area contributed by atoms with E-state index in [0.717, 1.165) is 19.1 Å². The number of sulfone groups is 1. The molecule has 0 aromatic carbocycles. The molecule has 1 amide bonds. The summed E-state index contributed by atoms with van der Waals surface area (Å²) in [6.45, 7) is 2.90. The minimum absolute atomic E-state index is 0.112. The van der Waals surface area contributed by atoms with Gasteiger partial charge in [-0.15, -0.1) is 0 Å². The smallest absolute Gasteiger partial charge is 0.243 e. The number of carbonyl (C=O) groups excluding carboxylic acids is 1. The van der Waals surface area contributed by atoms with Crippen LogP contribution < -0.4 is 0 Å². The van der Waals surface area contributed by atoms with Crippen LogP contribution in [-0.4, -0.2) is 54.5 Å². The lowest BCUT2D eigenvalue weighted by molar-refractivity contribution is -0.134. The summed E-state index contributed by atoms with van der Waals surface area (Å²) < 4.78 is 21.7. The van der Waals surface area contributed by atoms with Crippen molar-refractivity contribution in [3.63, 3.8) is 0 Å². The molecule has 0 aliphatic heterocycles. The first-order valence-electron chi connectivity index (χ1n) is 5.33. The normalized spacial score (nSPS) is 17.2. The summed E-state index contributed by atoms with van der Waals surface area (Å²) in [7, 11) is -3.44. The Morgan fingerprint density at radius 3 is 2.25 bits per heavy atom. The lowest BCUT2D eigenvalue weighted by Gasteiger charge is -2.30. The Labute approximate surface area is 96.4 Å². The highest BCUT2D eigenvalue weighted by molar-refractivity contribution is 7.92. The monoisotopic (exact) mass is 249 g/mol. The van der Waals surface area contributed by atoms with Crippen LogP contribution in [0.5, 0.6) is 0 Å². The van der Waals surface area contributed by atoms with E-state index in [1.54, 1.807) is 0 Å². The lowest BCUT2D eigenvalue weighted by Crippen LogP contribution is -2.51. The van der Waals surface area contributed by atoms with Gasteiger partial charge < -0.3 is 10.0 Å². The van der Waals surface area contributed by atoms with Gasteiger partial charge in [0.1, 0.15) is 4.75 Å². The van der Waals surface area contributed by atoms with E-state index in [1.165, 1.54) is 18.7 Å². The van der Waals surface area contributed by atoms with Gasteiger partial charge in [-0.05, 0) is 26.7 Å². The Kier molecular flexibility index (Phi) is 3.64. The second kappa shape index (κ2) is 4.33. The van der Waals surface area contributed by atoms with E-state index < -0.39 is 20.5 Å². The van der Waals surface area contributed by atoms with E-state index in [-0.39, 0.29) is 19.2 Å². The number of nitrogens with zero attached hydrogens (tertiary/aromatic N) is 1. The minimum Gasteiger partial charge on any atom is -0.395 e. The Morgan fingerprint density at radius 2 is 1.94 bits per heavy atom. The summed E-state index contributed by atoms with van der Waals surface area (Å²) in [6.07, 6.45) is 2.85. The van der Waals surface area contributed by atoms with Crippen LogP contribution in [0.25, 0.3) is 0 Å². The molecule has 1 saturated carbocycles. The highest BCUT2D eigenvalue weighted by Gasteiger charge is 2.45. The molecule has 0 atom stereocenters. The molecular formula is C10H19NO4S. The fourth-order valence-corrected chi connectivity index (χ4v) is 1.88. The van der Waals surface area contributed by atoms with Crippen molar-refractivity contribution in [3.05, 3.63) is 0 Å². The molecule has 0 heterocycles. The number of hydrogen-bond donors (Lipinski definition) is 1. The lowest BCUT2D eigenvalue weighted by atomic mass is 10.1. The molecule has 16 heavy (non-hydrogen) atoms. The zero-order chi connectivity index (χ0) is 12.6. The van der Waals surface area contributed by atoms with E-state index in [9.17, 15) is 13.2 Å². The largest absolute Gasteiger partial charge is 0.395 e. The molecule has 0 unspecified atom stereocenters. The number of amides is 1. The van der Waals surface area contributed by atoms with Gasteiger partial charge in [-0.1, -0.05) is 0 Å². The molecular weight excluding hydrogens is 230 g/mol. The standard InChI is InChI=1S/C10H19NO4S/c1-10(2,16(3,14)15)9(13)11(6-7-12)8-4-5-8/h8,12H,4-7H2,1-3H3. The number of rotatable bonds is 5. The molecule has 1 rings (SSSR count). The van der Waals surface area contributed by atoms with Crippen LogP contribution in [-0.2, 0) is 14.6 Å². The van der Waals surface area contributed by atoms with E-state index >= 15 is 0 Å². The predicted molar refractivity (Wildman–Crippen MR) is 60.7 cm³/mol. The first-order valence-corrected chi connectivity index (χ1v) is 7.22. The maximum atomic E-state index is 12.1. The number of aliphatic hydroxyl groups is 1. The van der Waals surface area contributed by atoms with Crippen molar-refractivity contribution in [3.8, 4) is 0 Å². The van der Waals surface area contributed by atoms with Gasteiger partial charge in [0.15, 0.2) is 9.84 Å². The van der Waals surface area contributed by atoms with Crippen LogP contribution in [0.15, 0.2) is 0 Å². The van der Waals surface area contributed by atoms with Crippen molar-refractivity contribution in [1.82, 2.24) is 4.90 Å². The fourth-order valence-electron chi connectivity index (χ4n) is 1.45. The molecule has 0 spiro atoms. The Bertz CT molecular complexity index is 370. The molecule has 1 aliphatic rings. The van der Waals surface area contributed by atoms with Crippen LogP contribution in [0, 0.1) is 0 Å². The third-order valence-electron chi connectivity index (χ3n) is 3.03. The second-order valence-electron chi connectivity index (χ2n) is 4.74. The van der Waals surface area contributed by atoms with Gasteiger partial charge >= 0.3 is 0 Å². The van der Waals surface area contributed by atoms with E-state index in [0.29, 0.717) is 0 Å². The quantitative estimate of drug-likeness (QED) is 0.732. The highest BCUT2D eigenvalue weighted by atomic mass is 32.2. The van der Waals surface area contributed by atoms with Crippen LogP contribution in [0.2, 0.25) is 0 Å². The molecule has 1 fully saturated rings. The van der Waals surface area contributed by atoms with Gasteiger partial charge in [0.25, 0.3) is 0 Å². The van der Waals surface area contributed by atoms with Crippen molar-refractivity contribution in [2.75, 3.05) is 19.4 Å². The molecule has 0 bridgehead atoms. The summed E-state index contributed by atoms with van der Waals surface area (Å²) in [6, 6.07) is 0.112. The fraction of sp³-hybridized carbons (Fsp3) is 0.900. The SMILES string of the molecule is CC(C)(C(=O)N(CCO)C1CC1)S(C)(=O)=O. The molecule has 0 saturated heterocycles. The molecule has 0 aromatic rings. The Balaban J connectivity index is 2.89. The summed E-state index contributed by atoms with van der Waals surface area (Å²) >= 11 is 0. The van der Waals surface area contributed by atoms with Crippen molar-refractivity contribution >= 4 is 15.7 Å². The summed E-state index contributed by atoms with van der Waals surface area (Å²) in [5.41, 5.74) is 0. The average molecular weight is 249 g/mol. The Morgan fingerprint density at radius 1 is 1.44 bits per heavy atom. The van der Waals surface area contributed by atoms with Crippen LogP contribution >= 0.6 is 0 Å². The second-order valence-corrected chi connectivity index (χ2v) is 7.30. The molecule has 0 radical (unpaired) electrons. The summed E-state index contributed by atoms with van der Waals surface area (Å²) in [5, 5.41) is 8.89. The Hall–Kier alpha value is -0.620. The summed E-state index contributed by atoms with van der Waals surface area (Å²) in [4.78, 5) is 13.6. The zero-order valence-electron chi connectivity index (χ0n) is 9.93. The topological polar surface area (TPSA) is 74.7 Å². The minimum atomic E-state index is -3.44. The van der Waals surface area contributed by atoms with Crippen molar-refractivity contribution in [2.24, 2.45) is 0 Å². The molecule has 0 aromatic heterocycles. The van der Waals surface area contributed by atoms with Crippen molar-refractivity contribution < 1.29 is 18.3 Å². The zero-order valence-corrected chi connectivity index (χ0v) is 10.7.